The maximum Gasteiger partial charge on any atom is 0.274 e. The molecule has 1 unspecified atom stereocenters. The van der Waals surface area contributed by atoms with E-state index in [9.17, 15) is 4.79 Å². The molecule has 0 aliphatic carbocycles. The van der Waals surface area contributed by atoms with Crippen molar-refractivity contribution in [1.29, 1.82) is 0 Å². The number of carbonyl (C=O) groups excluding carboxylic acids is 1. The van der Waals surface area contributed by atoms with E-state index >= 15 is 0 Å². The smallest absolute Gasteiger partial charge is 0.274 e. The number of amides is 1. The van der Waals surface area contributed by atoms with E-state index in [0.717, 1.165) is 33.4 Å². The Morgan fingerprint density at radius 3 is 2.42 bits per heavy atom. The zero-order chi connectivity index (χ0) is 17.1. The molecule has 0 aliphatic rings. The number of anilines is 1. The topological polar surface area (TPSA) is 42.0 Å². The Kier molecular flexibility index (Phi) is 4.73. The molecule has 1 N–H and O–H groups in total. The lowest BCUT2D eigenvalue weighted by Crippen LogP contribution is -2.18. The fourth-order valence-electron chi connectivity index (χ4n) is 2.52. The highest BCUT2D eigenvalue weighted by atomic mass is 31.0. The Labute approximate surface area is 144 Å². The van der Waals surface area contributed by atoms with E-state index in [1.54, 1.807) is 6.07 Å². The zero-order valence-electron chi connectivity index (χ0n) is 13.7. The molecular formula is C20H19N2OP. The van der Waals surface area contributed by atoms with Gasteiger partial charge in [0.2, 0.25) is 0 Å². The fraction of sp³-hybridized carbons (Fsp3) is 0.100. The van der Waals surface area contributed by atoms with Gasteiger partial charge in [-0.2, -0.15) is 0 Å². The largest absolute Gasteiger partial charge is 0.320 e. The molecule has 120 valence electrons. The standard InChI is InChI=1S/C20H19N2OP/c1-13-11-12-17(21-18(13)15-8-4-3-5-9-15)20(23)22-16-10-6-7-14(2)19(16)24/h3-12H,24H2,1-2H3,(H,22,23). The summed E-state index contributed by atoms with van der Waals surface area (Å²) in [6.07, 6.45) is 0. The summed E-state index contributed by atoms with van der Waals surface area (Å²) in [6.45, 7) is 4.01. The van der Waals surface area contributed by atoms with Gasteiger partial charge in [0, 0.05) is 11.3 Å². The molecule has 0 aliphatic heterocycles. The van der Waals surface area contributed by atoms with Crippen LogP contribution < -0.4 is 10.6 Å². The lowest BCUT2D eigenvalue weighted by Gasteiger charge is -2.11. The Morgan fingerprint density at radius 1 is 0.917 bits per heavy atom. The van der Waals surface area contributed by atoms with E-state index in [1.807, 2.05) is 68.4 Å². The van der Waals surface area contributed by atoms with Crippen molar-refractivity contribution in [3.05, 3.63) is 77.5 Å². The Balaban J connectivity index is 1.92. The first-order valence-electron chi connectivity index (χ1n) is 7.76. The Morgan fingerprint density at radius 2 is 1.67 bits per heavy atom. The summed E-state index contributed by atoms with van der Waals surface area (Å²) in [6, 6.07) is 19.4. The lowest BCUT2D eigenvalue weighted by molar-refractivity contribution is 0.102. The SMILES string of the molecule is Cc1ccc(C(=O)Nc2cccc(C)c2P)nc1-c1ccccc1. The van der Waals surface area contributed by atoms with Gasteiger partial charge in [0.05, 0.1) is 5.69 Å². The van der Waals surface area contributed by atoms with E-state index in [1.165, 1.54) is 0 Å². The number of hydrogen-bond acceptors (Lipinski definition) is 2. The number of nitrogens with one attached hydrogen (secondary N) is 1. The van der Waals surface area contributed by atoms with Crippen LogP contribution in [0.15, 0.2) is 60.7 Å². The van der Waals surface area contributed by atoms with Crippen LogP contribution in [-0.4, -0.2) is 10.9 Å². The predicted octanol–water partition coefficient (Wildman–Crippen LogP) is 4.12. The highest BCUT2D eigenvalue weighted by Crippen LogP contribution is 2.21. The maximum atomic E-state index is 12.6. The number of pyridine rings is 1. The van der Waals surface area contributed by atoms with E-state index in [2.05, 4.69) is 19.5 Å². The van der Waals surface area contributed by atoms with E-state index in [4.69, 9.17) is 0 Å². The van der Waals surface area contributed by atoms with Crippen LogP contribution in [0.3, 0.4) is 0 Å². The van der Waals surface area contributed by atoms with Crippen LogP contribution in [0, 0.1) is 13.8 Å². The van der Waals surface area contributed by atoms with Gasteiger partial charge in [-0.15, -0.1) is 9.24 Å². The Bertz CT molecular complexity index is 891. The van der Waals surface area contributed by atoms with Crippen LogP contribution in [-0.2, 0) is 0 Å². The van der Waals surface area contributed by atoms with Gasteiger partial charge < -0.3 is 5.32 Å². The van der Waals surface area contributed by atoms with Crippen molar-refractivity contribution >= 4 is 26.1 Å². The first kappa shape index (κ1) is 16.4. The first-order chi connectivity index (χ1) is 11.6. The molecule has 1 heterocycles. The number of benzene rings is 2. The van der Waals surface area contributed by atoms with E-state index < -0.39 is 0 Å². The second kappa shape index (κ2) is 6.94. The van der Waals surface area contributed by atoms with Crippen LogP contribution >= 0.6 is 9.24 Å². The second-order valence-electron chi connectivity index (χ2n) is 5.72. The van der Waals surface area contributed by atoms with Crippen molar-refractivity contribution in [3.8, 4) is 11.3 Å². The highest BCUT2D eigenvalue weighted by Gasteiger charge is 2.13. The van der Waals surface area contributed by atoms with Gasteiger partial charge in [0.1, 0.15) is 5.69 Å². The molecule has 3 rings (SSSR count). The third kappa shape index (κ3) is 3.37. The van der Waals surface area contributed by atoms with Gasteiger partial charge in [-0.05, 0) is 42.4 Å². The maximum absolute atomic E-state index is 12.6. The summed E-state index contributed by atoms with van der Waals surface area (Å²) in [5, 5.41) is 3.93. The zero-order valence-corrected chi connectivity index (χ0v) is 14.9. The van der Waals surface area contributed by atoms with Gasteiger partial charge in [0.25, 0.3) is 5.91 Å². The minimum absolute atomic E-state index is 0.207. The number of aromatic nitrogens is 1. The fourth-order valence-corrected chi connectivity index (χ4v) is 2.78. The average Bonchev–Trinajstić information content (AvgIpc) is 2.60. The van der Waals surface area contributed by atoms with Crippen LogP contribution in [0.2, 0.25) is 0 Å². The molecule has 0 saturated carbocycles. The van der Waals surface area contributed by atoms with Crippen molar-refractivity contribution in [2.45, 2.75) is 13.8 Å². The number of nitrogens with zero attached hydrogens (tertiary/aromatic N) is 1. The molecule has 1 aromatic heterocycles. The summed E-state index contributed by atoms with van der Waals surface area (Å²) < 4.78 is 0. The third-order valence-electron chi connectivity index (χ3n) is 3.95. The molecular weight excluding hydrogens is 315 g/mol. The van der Waals surface area contributed by atoms with Crippen LogP contribution in [0.1, 0.15) is 21.6 Å². The molecule has 0 bridgehead atoms. The van der Waals surface area contributed by atoms with Gasteiger partial charge in [-0.1, -0.05) is 48.5 Å². The average molecular weight is 334 g/mol. The van der Waals surface area contributed by atoms with E-state index in [-0.39, 0.29) is 5.91 Å². The van der Waals surface area contributed by atoms with E-state index in [0.29, 0.717) is 5.69 Å². The molecule has 1 atom stereocenters. The number of carbonyl (C=O) groups is 1. The van der Waals surface area contributed by atoms with Gasteiger partial charge in [-0.3, -0.25) is 4.79 Å². The summed E-state index contributed by atoms with van der Waals surface area (Å²) in [5.74, 6) is -0.207. The number of rotatable bonds is 3. The molecule has 0 spiro atoms. The van der Waals surface area contributed by atoms with Crippen molar-refractivity contribution in [2.75, 3.05) is 5.32 Å². The molecule has 2 aromatic carbocycles. The highest BCUT2D eigenvalue weighted by molar-refractivity contribution is 7.28. The molecule has 0 fully saturated rings. The van der Waals surface area contributed by atoms with Crippen molar-refractivity contribution < 1.29 is 4.79 Å². The first-order valence-corrected chi connectivity index (χ1v) is 8.33. The van der Waals surface area contributed by atoms with Crippen molar-refractivity contribution in [3.63, 3.8) is 0 Å². The summed E-state index contributed by atoms with van der Waals surface area (Å²) in [7, 11) is 2.67. The molecule has 4 heteroatoms. The predicted molar refractivity (Wildman–Crippen MR) is 103 cm³/mol. The van der Waals surface area contributed by atoms with Gasteiger partial charge in [-0.25, -0.2) is 4.98 Å². The second-order valence-corrected chi connectivity index (χ2v) is 6.30. The molecule has 3 aromatic rings. The monoisotopic (exact) mass is 334 g/mol. The summed E-state index contributed by atoms with van der Waals surface area (Å²) >= 11 is 0. The number of aryl methyl sites for hydroxylation is 2. The van der Waals surface area contributed by atoms with Crippen molar-refractivity contribution in [2.24, 2.45) is 0 Å². The summed E-state index contributed by atoms with van der Waals surface area (Å²) in [5.41, 5.74) is 5.18. The van der Waals surface area contributed by atoms with Crippen LogP contribution in [0.25, 0.3) is 11.3 Å². The quantitative estimate of drug-likeness (QED) is 0.732. The molecule has 0 radical (unpaired) electrons. The minimum Gasteiger partial charge on any atom is -0.320 e. The van der Waals surface area contributed by atoms with Crippen LogP contribution in [0.4, 0.5) is 5.69 Å². The van der Waals surface area contributed by atoms with Crippen LogP contribution in [0.5, 0.6) is 0 Å². The minimum atomic E-state index is -0.207. The lowest BCUT2D eigenvalue weighted by atomic mass is 10.1. The molecule has 0 saturated heterocycles. The van der Waals surface area contributed by atoms with Crippen molar-refractivity contribution in [1.82, 2.24) is 4.98 Å². The summed E-state index contributed by atoms with van der Waals surface area (Å²) in [4.78, 5) is 17.2. The number of hydrogen-bond donors (Lipinski definition) is 1. The normalized spacial score (nSPS) is 10.5. The third-order valence-corrected chi connectivity index (χ3v) is 4.72. The molecule has 3 nitrogen and oxygen atoms in total. The molecule has 1 amide bonds. The van der Waals surface area contributed by atoms with Gasteiger partial charge >= 0.3 is 0 Å². The molecule has 24 heavy (non-hydrogen) atoms. The van der Waals surface area contributed by atoms with Gasteiger partial charge in [0.15, 0.2) is 0 Å². The Hall–Kier alpha value is -2.51.